The van der Waals surface area contributed by atoms with Gasteiger partial charge in [-0.25, -0.2) is 29.9 Å². The van der Waals surface area contributed by atoms with Crippen LogP contribution in [-0.2, 0) is 27.1 Å². The van der Waals surface area contributed by atoms with Crippen molar-refractivity contribution < 1.29 is 19.3 Å². The quantitative estimate of drug-likeness (QED) is 0.0272. The Morgan fingerprint density at radius 3 is 1.10 bits per heavy atom. The van der Waals surface area contributed by atoms with Crippen LogP contribution in [0.5, 0.6) is 0 Å². The number of methoxy groups -OCH3 is 1. The first-order chi connectivity index (χ1) is 68.9. The molecule has 0 spiro atoms. The highest BCUT2D eigenvalue weighted by Gasteiger charge is 2.62. The average Bonchev–Trinajstić information content (AvgIpc) is 1.48. The molecule has 84 heteroatoms. The maximum Gasteiger partial charge on any atom is 0.160 e. The number of rotatable bonds is 41. The van der Waals surface area contributed by atoms with Gasteiger partial charge in [0.1, 0.15) is 46.9 Å². The number of anilines is 5. The molecule has 2 aromatic carbocycles. The zero-order valence-corrected chi connectivity index (χ0v) is 147. The third-order valence-electron chi connectivity index (χ3n) is 22.5. The van der Waals surface area contributed by atoms with Crippen molar-refractivity contribution in [2.24, 2.45) is 0 Å². The summed E-state index contributed by atoms with van der Waals surface area (Å²) in [4.78, 5) is 39.6. The van der Waals surface area contributed by atoms with Crippen LogP contribution in [-0.4, -0.2) is 166 Å². The molecule has 6 aliphatic heterocycles. The monoisotopic (exact) mass is 3150 g/mol. The molecule has 816 valence electrons. The van der Waals surface area contributed by atoms with Gasteiger partial charge in [-0.05, 0) is 322 Å². The topological polar surface area (TPSA) is 188 Å². The SMILES string of the molecule is CCc1ccc2ncnc(Cl)c2c1C.CCc1ccc2ncnc(N3CCCCC3c3cc4nc(N5CCC5)cc(N5CCOCC5)n4n3)c2c1C.COCCO.PPP(P)P(P(P)P)P(P(P(P)P)P(P)P)P(P(P(P(P)P)P(P)P)P(P(P)P)P(P)P)P(P(P(P(P)P)P(P)P)P(P(P)P)P(P)P)P(P(P(P)P)P(P)P)P(P(P)P)P(P)P.c1c(N2CCC2)nc2cc(C3CCCCN3)nn2c1N1CCOCC1. The highest BCUT2D eigenvalue weighted by Crippen LogP contribution is 3.49. The summed E-state index contributed by atoms with van der Waals surface area (Å²) in [5.74, 6) is 5.44. The lowest BCUT2D eigenvalue weighted by molar-refractivity contribution is 0.122. The van der Waals surface area contributed by atoms with Gasteiger partial charge in [-0.15, -0.1) is 286 Å². The number of aryl methyl sites for hydroxylation is 4. The normalized spacial score (nSPS) is 18.1. The molecule has 145 heavy (non-hydrogen) atoms. The average molecular weight is 3150 g/mol. The van der Waals surface area contributed by atoms with Crippen molar-refractivity contribution in [2.75, 3.05) is 137 Å². The fourth-order valence-electron chi connectivity index (χ4n) is 15.8. The second-order valence-electron chi connectivity index (χ2n) is 31.9. The van der Waals surface area contributed by atoms with E-state index in [4.69, 9.17) is 51.3 Å². The Labute approximate surface area is 980 Å². The van der Waals surface area contributed by atoms with E-state index in [0.717, 1.165) is 200 Å². The smallest absolute Gasteiger partial charge is 0.160 e. The molecule has 0 amide bonds. The lowest BCUT2D eigenvalue weighted by atomic mass is 9.97. The van der Waals surface area contributed by atoms with Gasteiger partial charge in [-0.1, -0.05) is 52.0 Å². The molecule has 6 aromatic heterocycles. The number of benzene rings is 2. The second kappa shape index (κ2) is 76.1. The minimum Gasteiger partial charge on any atom is -0.394 e. The molecule has 0 saturated carbocycles. The summed E-state index contributed by atoms with van der Waals surface area (Å²) in [6.07, 6.45) is 14.8. The maximum atomic E-state index is 7.94. The summed E-state index contributed by atoms with van der Waals surface area (Å²) in [6, 6.07) is 17.8. The number of nitrogens with zero attached hydrogens (tertiary/aromatic N) is 15. The summed E-state index contributed by atoms with van der Waals surface area (Å²) in [5.41, 5.74) is 11.2. The highest BCUT2D eigenvalue weighted by molar-refractivity contribution is 9.55. The van der Waals surface area contributed by atoms with Crippen LogP contribution in [0.25, 0.3) is 33.1 Å². The van der Waals surface area contributed by atoms with E-state index in [-0.39, 0.29) is 222 Å². The predicted octanol–water partition coefficient (Wildman–Crippen LogP) is 45.5. The molecule has 8 aromatic rings. The number of aromatic nitrogens is 10. The van der Waals surface area contributed by atoms with E-state index in [1.54, 1.807) is 13.4 Å². The number of fused-ring (bicyclic) bond motifs is 4. The Morgan fingerprint density at radius 2 is 0.759 bits per heavy atom. The van der Waals surface area contributed by atoms with Gasteiger partial charge in [0.05, 0.1) is 74.1 Å². The van der Waals surface area contributed by atoms with Crippen molar-refractivity contribution >= 4 is 577 Å². The van der Waals surface area contributed by atoms with Crippen LogP contribution in [0.2, 0.25) is 5.15 Å². The third-order valence-corrected chi connectivity index (χ3v) is 463. The van der Waals surface area contributed by atoms with Crippen molar-refractivity contribution in [1.29, 1.82) is 0 Å². The van der Waals surface area contributed by atoms with E-state index in [2.05, 4.69) is 410 Å². The first-order valence-corrected chi connectivity index (χ1v) is 159. The number of aliphatic hydroxyl groups is 1. The molecule has 0 radical (unpaired) electrons. The molecule has 0 bridgehead atoms. The molecule has 6 fully saturated rings. The van der Waals surface area contributed by atoms with Crippen LogP contribution >= 0.6 is 515 Å². The number of hydrogen-bond donors (Lipinski definition) is 2. The van der Waals surface area contributed by atoms with Crippen molar-refractivity contribution in [2.45, 2.75) is 104 Å². The zero-order chi connectivity index (χ0) is 107. The number of nitrogens with one attached hydrogen (secondary N) is 1. The summed E-state index contributed by atoms with van der Waals surface area (Å²) >= 11 is 6.04. The van der Waals surface area contributed by atoms with Crippen LogP contribution in [0.1, 0.15) is 111 Å². The van der Waals surface area contributed by atoms with Crippen LogP contribution in [0, 0.1) is 13.8 Å². The van der Waals surface area contributed by atoms with Gasteiger partial charge in [0.15, 0.2) is 11.3 Å². The van der Waals surface area contributed by atoms with E-state index >= 15 is 0 Å². The third kappa shape index (κ3) is 42.0. The van der Waals surface area contributed by atoms with E-state index in [9.17, 15) is 0 Å². The second-order valence-corrected chi connectivity index (χ2v) is 290. The molecular weight excluding hydrogens is 3010 g/mol. The largest absolute Gasteiger partial charge is 0.394 e. The van der Waals surface area contributed by atoms with E-state index in [0.29, 0.717) is 17.8 Å². The first-order valence-electron chi connectivity index (χ1n) is 44.2. The number of ether oxygens (including phenoxy) is 3. The van der Waals surface area contributed by atoms with Gasteiger partial charge in [-0.3, -0.25) is 0 Å². The molecule has 39 atom stereocenters. The van der Waals surface area contributed by atoms with Crippen molar-refractivity contribution in [3.05, 3.63) is 100.0 Å². The summed E-state index contributed by atoms with van der Waals surface area (Å²) in [6.45, 7) is 15.0. The van der Waals surface area contributed by atoms with E-state index < -0.39 is 0 Å². The van der Waals surface area contributed by atoms with Gasteiger partial charge in [0.2, 0.25) is 0 Å². The molecule has 2 N–H and O–H groups in total. The van der Waals surface area contributed by atoms with Crippen molar-refractivity contribution in [3.8, 4) is 0 Å². The van der Waals surface area contributed by atoms with Gasteiger partial charge in [-0.2, -0.15) is 19.2 Å². The molecule has 20 nitrogen and oxygen atoms in total. The zero-order valence-electron chi connectivity index (χ0n) is 81.0. The fraction of sp³-hybridized carbons (Fsp3) is 0.541. The minimum absolute atomic E-state index is 0.122. The van der Waals surface area contributed by atoms with Gasteiger partial charge < -0.3 is 49.1 Å². The highest BCUT2D eigenvalue weighted by atomic mass is 35.5. The van der Waals surface area contributed by atoms with Gasteiger partial charge >= 0.3 is 0 Å². The van der Waals surface area contributed by atoms with Crippen molar-refractivity contribution in [3.63, 3.8) is 0 Å². The Kier molecular flexibility index (Phi) is 77.2. The number of hydrogen-bond acceptors (Lipinski definition) is 18. The number of halogens is 1. The number of aliphatic hydroxyl groups excluding tert-OH is 1. The lowest BCUT2D eigenvalue weighted by Crippen LogP contribution is -2.40. The molecule has 0 aliphatic carbocycles. The van der Waals surface area contributed by atoms with E-state index in [1.807, 2.05) is 10.6 Å². The van der Waals surface area contributed by atoms with Crippen LogP contribution < -0.4 is 29.8 Å². The summed E-state index contributed by atoms with van der Waals surface area (Å²) in [7, 11) is 117. The molecule has 12 heterocycles. The molecule has 6 aliphatic rings. The van der Waals surface area contributed by atoms with Gasteiger partial charge in [0, 0.05) is 101 Å². The molecule has 14 rings (SSSR count). The van der Waals surface area contributed by atoms with Gasteiger partial charge in [0.25, 0.3) is 0 Å². The number of piperidine rings is 2. The minimum atomic E-state index is -0.291. The first kappa shape index (κ1) is 147. The van der Waals surface area contributed by atoms with Crippen LogP contribution in [0.15, 0.2) is 61.2 Å². The molecule has 6 saturated heterocycles. The summed E-state index contributed by atoms with van der Waals surface area (Å²) in [5, 5.41) is 24.4. The lowest BCUT2D eigenvalue weighted by Gasteiger charge is -2.60. The van der Waals surface area contributed by atoms with Crippen molar-refractivity contribution in [1.82, 2.24) is 54.4 Å². The Balaban J connectivity index is 0.000000217. The Bertz CT molecular complexity index is 5110. The fourth-order valence-corrected chi connectivity index (χ4v) is 925. The summed E-state index contributed by atoms with van der Waals surface area (Å²) < 4.78 is 19.7. The Hall–Kier alpha value is 20.5. The number of morpholine rings is 2. The molecular formula is C61H146ClN16O4P63. The van der Waals surface area contributed by atoms with Crippen LogP contribution in [0.3, 0.4) is 0 Å². The predicted molar refractivity (Wildman–Crippen MR) is 852 cm³/mol. The van der Waals surface area contributed by atoms with E-state index in [1.165, 1.54) is 66.1 Å². The maximum absolute atomic E-state index is 7.94. The Morgan fingerprint density at radius 1 is 0.407 bits per heavy atom. The molecule has 39 unspecified atom stereocenters. The van der Waals surface area contributed by atoms with Crippen LogP contribution in [0.4, 0.5) is 29.1 Å². The standard InChI is InChI=1S/C29H36N8O.C18H26N6O.C11H11ClN2.C3H8O2.H65P63/c1-3-21-8-9-22-28(20(21)2)29(31-19-30-22)36-12-5-4-7-24(36)23-17-26-32-25(34-10-6-11-34)18-27(37(26)33-23)35-13-15-38-16-14-35;1-2-5-19-14(4-1)15-12-17-20-16(22-6-3-7-22)13-18(24(17)21-15)23-8-10-25-11-9-23;1-3-8-4-5-9-10(7(8)2)11(12)14-6-13-9;1-5-3-2-4;1-33-49(32)57(48(30)31)61(56(46(26)27)47(28)29)63(60(54(42(18)19)43(20)21)55(44(22)23)45(24)25)62(58(50(34(2)3)35(4)5)51(36(6)7)37(8)9)59(52(38(10)11)39(12)13)53(40(14)15)41(16)17/h8-9,17-19,24H,3-7,10-16H2,1-2H3;12-14,19H,1-11H2;4-6H,3H2,1-2H3;4H,2-3H2,1H3;33H,1-32H2.